The van der Waals surface area contributed by atoms with Gasteiger partial charge in [0.25, 0.3) is 5.91 Å². The molecule has 0 aliphatic rings. The molecular weight excluding hydrogens is 575 g/mol. The molecule has 4 aromatic carbocycles. The monoisotopic (exact) mass is 598 g/mol. The van der Waals surface area contributed by atoms with E-state index in [4.69, 9.17) is 36.9 Å². The Hall–Kier alpha value is -4.05. The topological polar surface area (TPSA) is 103 Å². The number of carbonyl (C=O) groups is 1. The number of hydrogen-bond acceptors (Lipinski definition) is 7. The van der Waals surface area contributed by atoms with Crippen LogP contribution in [-0.4, -0.2) is 27.1 Å². The van der Waals surface area contributed by atoms with Crippen LogP contribution >= 0.6 is 23.2 Å². The minimum atomic E-state index is -4.14. The van der Waals surface area contributed by atoms with E-state index >= 15 is 0 Å². The van der Waals surface area contributed by atoms with Crippen molar-refractivity contribution in [2.75, 3.05) is 6.61 Å². The second-order valence-corrected chi connectivity index (χ2v) is 10.6. The largest absolute Gasteiger partial charge is 0.490 e. The number of hydrogen-bond donors (Lipinski definition) is 1. The molecule has 4 aromatic rings. The third-order valence-corrected chi connectivity index (χ3v) is 7.17. The van der Waals surface area contributed by atoms with Crippen molar-refractivity contribution in [1.82, 2.24) is 5.43 Å². The van der Waals surface area contributed by atoms with Crippen LogP contribution in [0.5, 0.6) is 17.2 Å². The van der Waals surface area contributed by atoms with Crippen LogP contribution in [0.4, 0.5) is 0 Å². The van der Waals surface area contributed by atoms with Gasteiger partial charge in [0.05, 0.1) is 22.9 Å². The van der Waals surface area contributed by atoms with E-state index in [1.165, 1.54) is 30.5 Å². The second-order valence-electron chi connectivity index (χ2n) is 8.23. The Morgan fingerprint density at radius 1 is 0.875 bits per heavy atom. The number of nitrogens with zero attached hydrogens (tertiary/aromatic N) is 1. The quantitative estimate of drug-likeness (QED) is 0.120. The zero-order valence-corrected chi connectivity index (χ0v) is 23.5. The molecule has 11 heteroatoms. The number of carbonyl (C=O) groups excluding carboxylic acids is 1. The Labute approximate surface area is 242 Å². The van der Waals surface area contributed by atoms with Crippen LogP contribution in [0.15, 0.2) is 101 Å². The first kappa shape index (κ1) is 28.9. The summed E-state index contributed by atoms with van der Waals surface area (Å²) in [6, 6.07) is 24.9. The van der Waals surface area contributed by atoms with Gasteiger partial charge < -0.3 is 13.7 Å². The van der Waals surface area contributed by atoms with Gasteiger partial charge in [-0.3, -0.25) is 4.79 Å². The summed E-state index contributed by atoms with van der Waals surface area (Å²) in [7, 11) is -4.14. The first-order valence-electron chi connectivity index (χ1n) is 12.0. The normalized spacial score (nSPS) is 11.3. The van der Waals surface area contributed by atoms with E-state index in [2.05, 4.69) is 10.5 Å². The third kappa shape index (κ3) is 7.53. The van der Waals surface area contributed by atoms with Crippen molar-refractivity contribution in [2.45, 2.75) is 18.4 Å². The smallest absolute Gasteiger partial charge is 0.339 e. The Morgan fingerprint density at radius 3 is 2.17 bits per heavy atom. The highest BCUT2D eigenvalue weighted by atomic mass is 35.5. The Bertz CT molecular complexity index is 1590. The molecule has 1 N–H and O–H groups in total. The molecule has 0 bridgehead atoms. The fourth-order valence-corrected chi connectivity index (χ4v) is 5.14. The Kier molecular flexibility index (Phi) is 9.65. The van der Waals surface area contributed by atoms with Gasteiger partial charge in [-0.15, -0.1) is 0 Å². The average molecular weight is 599 g/mol. The number of rotatable bonds is 11. The number of amides is 1. The lowest BCUT2D eigenvalue weighted by molar-refractivity contribution is 0.0954. The van der Waals surface area contributed by atoms with Crippen LogP contribution in [0.1, 0.15) is 28.4 Å². The van der Waals surface area contributed by atoms with Gasteiger partial charge in [0, 0.05) is 5.56 Å². The lowest BCUT2D eigenvalue weighted by atomic mass is 10.2. The van der Waals surface area contributed by atoms with Gasteiger partial charge in [-0.25, -0.2) is 5.43 Å². The number of nitrogens with one attached hydrogen (secondary N) is 1. The van der Waals surface area contributed by atoms with Crippen molar-refractivity contribution in [3.63, 3.8) is 0 Å². The Morgan fingerprint density at radius 2 is 1.52 bits per heavy atom. The van der Waals surface area contributed by atoms with E-state index in [9.17, 15) is 13.2 Å². The first-order valence-corrected chi connectivity index (χ1v) is 14.2. The van der Waals surface area contributed by atoms with Crippen LogP contribution in [0, 0.1) is 0 Å². The summed E-state index contributed by atoms with van der Waals surface area (Å²) < 4.78 is 41.8. The molecular formula is C29H24Cl2N2O6S. The molecule has 0 unspecified atom stereocenters. The van der Waals surface area contributed by atoms with Gasteiger partial charge in [-0.1, -0.05) is 71.7 Å². The van der Waals surface area contributed by atoms with Gasteiger partial charge in [0.2, 0.25) is 0 Å². The van der Waals surface area contributed by atoms with E-state index in [0.29, 0.717) is 35.8 Å². The van der Waals surface area contributed by atoms with Crippen LogP contribution in [0.3, 0.4) is 0 Å². The predicted molar refractivity (Wildman–Crippen MR) is 154 cm³/mol. The number of benzene rings is 4. The maximum absolute atomic E-state index is 12.7. The summed E-state index contributed by atoms with van der Waals surface area (Å²) in [5.74, 6) is 0.227. The third-order valence-electron chi connectivity index (χ3n) is 5.37. The predicted octanol–water partition coefficient (Wildman–Crippen LogP) is 6.50. The van der Waals surface area contributed by atoms with Crippen molar-refractivity contribution in [3.05, 3.63) is 118 Å². The molecule has 0 aromatic heterocycles. The molecule has 0 radical (unpaired) electrons. The van der Waals surface area contributed by atoms with E-state index in [-0.39, 0.29) is 20.7 Å². The maximum atomic E-state index is 12.7. The van der Waals surface area contributed by atoms with E-state index in [0.717, 1.165) is 5.56 Å². The fraction of sp³-hybridized carbons (Fsp3) is 0.103. The van der Waals surface area contributed by atoms with Crippen molar-refractivity contribution >= 4 is 45.4 Å². The minimum Gasteiger partial charge on any atom is -0.490 e. The summed E-state index contributed by atoms with van der Waals surface area (Å²) in [6.45, 7) is 2.57. The van der Waals surface area contributed by atoms with E-state index in [1.807, 2.05) is 37.3 Å². The van der Waals surface area contributed by atoms with Gasteiger partial charge in [0.15, 0.2) is 17.2 Å². The van der Waals surface area contributed by atoms with Crippen LogP contribution in [0.2, 0.25) is 10.0 Å². The number of ether oxygens (including phenoxy) is 2. The Balaban J connectivity index is 1.42. The summed E-state index contributed by atoms with van der Waals surface area (Å²) >= 11 is 12.5. The SMILES string of the molecule is CCOc1cc(C(=O)N/N=C/c2cc(Cl)c(OS(=O)(=O)c3ccccc3)c(Cl)c2)ccc1OCc1ccccc1. The van der Waals surface area contributed by atoms with Gasteiger partial charge in [-0.05, 0) is 60.5 Å². The van der Waals surface area contributed by atoms with Crippen LogP contribution in [-0.2, 0) is 16.7 Å². The van der Waals surface area contributed by atoms with Crippen LogP contribution < -0.4 is 19.1 Å². The lowest BCUT2D eigenvalue weighted by Gasteiger charge is -2.13. The molecule has 40 heavy (non-hydrogen) atoms. The molecule has 0 saturated carbocycles. The van der Waals surface area contributed by atoms with Gasteiger partial charge >= 0.3 is 10.1 Å². The maximum Gasteiger partial charge on any atom is 0.339 e. The molecule has 1 amide bonds. The molecule has 0 aliphatic carbocycles. The van der Waals surface area contributed by atoms with Crippen molar-refractivity contribution in [2.24, 2.45) is 5.10 Å². The highest BCUT2D eigenvalue weighted by molar-refractivity contribution is 7.87. The summed E-state index contributed by atoms with van der Waals surface area (Å²) in [5, 5.41) is 3.86. The van der Waals surface area contributed by atoms with Gasteiger partial charge in [0.1, 0.15) is 11.5 Å². The minimum absolute atomic E-state index is 0.0428. The molecule has 0 saturated heterocycles. The standard InChI is InChI=1S/C29H24Cl2N2O6S/c1-2-37-27-17-22(13-14-26(27)38-19-20-9-5-3-6-10-20)29(34)33-32-18-21-15-24(30)28(25(31)16-21)39-40(35,36)23-11-7-4-8-12-23/h3-18H,2,19H2,1H3,(H,33,34)/b32-18+. The van der Waals surface area contributed by atoms with Crippen molar-refractivity contribution < 1.29 is 26.9 Å². The number of halogens is 2. The second kappa shape index (κ2) is 13.3. The van der Waals surface area contributed by atoms with Gasteiger partial charge in [-0.2, -0.15) is 13.5 Å². The highest BCUT2D eigenvalue weighted by Gasteiger charge is 2.21. The molecule has 206 valence electrons. The average Bonchev–Trinajstić information content (AvgIpc) is 2.95. The zero-order chi connectivity index (χ0) is 28.5. The molecule has 8 nitrogen and oxygen atoms in total. The van der Waals surface area contributed by atoms with Crippen molar-refractivity contribution in [3.8, 4) is 17.2 Å². The van der Waals surface area contributed by atoms with Crippen LogP contribution in [0.25, 0.3) is 0 Å². The molecule has 0 aliphatic heterocycles. The summed E-state index contributed by atoms with van der Waals surface area (Å²) in [6.07, 6.45) is 1.31. The molecule has 0 spiro atoms. The molecule has 0 atom stereocenters. The fourth-order valence-electron chi connectivity index (χ4n) is 3.48. The van der Waals surface area contributed by atoms with Crippen molar-refractivity contribution in [1.29, 1.82) is 0 Å². The zero-order valence-electron chi connectivity index (χ0n) is 21.2. The van der Waals surface area contributed by atoms with E-state index in [1.54, 1.807) is 36.4 Å². The molecule has 0 fully saturated rings. The number of hydrazone groups is 1. The molecule has 0 heterocycles. The summed E-state index contributed by atoms with van der Waals surface area (Å²) in [4.78, 5) is 12.7. The lowest BCUT2D eigenvalue weighted by Crippen LogP contribution is -2.17. The first-order chi connectivity index (χ1) is 19.3. The summed E-state index contributed by atoms with van der Waals surface area (Å²) in [5.41, 5.74) is 4.13. The highest BCUT2D eigenvalue weighted by Crippen LogP contribution is 2.36. The van der Waals surface area contributed by atoms with E-state index < -0.39 is 16.0 Å². The molecule has 4 rings (SSSR count).